The number of aromatic nitrogens is 3. The SMILES string of the molecule is CNc1cc(N2CCCC(c3nc(C(F)(F)F)cs3)C2)ncn1. The third-order valence-corrected chi connectivity index (χ3v) is 4.82. The Morgan fingerprint density at radius 3 is 2.87 bits per heavy atom. The van der Waals surface area contributed by atoms with E-state index in [1.54, 1.807) is 7.05 Å². The van der Waals surface area contributed by atoms with E-state index in [1.165, 1.54) is 6.33 Å². The Labute approximate surface area is 135 Å². The lowest BCUT2D eigenvalue weighted by Crippen LogP contribution is -2.35. The van der Waals surface area contributed by atoms with Crippen molar-refractivity contribution in [3.05, 3.63) is 28.5 Å². The van der Waals surface area contributed by atoms with Crippen molar-refractivity contribution in [1.82, 2.24) is 15.0 Å². The summed E-state index contributed by atoms with van der Waals surface area (Å²) < 4.78 is 38.1. The number of piperidine rings is 1. The summed E-state index contributed by atoms with van der Waals surface area (Å²) in [6.07, 6.45) is -1.16. The molecule has 0 amide bonds. The van der Waals surface area contributed by atoms with Crippen LogP contribution >= 0.6 is 11.3 Å². The quantitative estimate of drug-likeness (QED) is 0.926. The highest BCUT2D eigenvalue weighted by atomic mass is 32.1. The van der Waals surface area contributed by atoms with Gasteiger partial charge in [0.2, 0.25) is 0 Å². The topological polar surface area (TPSA) is 53.9 Å². The number of alkyl halides is 3. The maximum Gasteiger partial charge on any atom is 0.434 e. The Morgan fingerprint density at radius 1 is 1.35 bits per heavy atom. The molecule has 0 radical (unpaired) electrons. The minimum Gasteiger partial charge on any atom is -0.373 e. The highest BCUT2D eigenvalue weighted by Crippen LogP contribution is 2.35. The molecule has 3 heterocycles. The summed E-state index contributed by atoms with van der Waals surface area (Å²) in [6, 6.07) is 1.84. The number of hydrogen-bond acceptors (Lipinski definition) is 6. The van der Waals surface area contributed by atoms with Crippen molar-refractivity contribution in [2.24, 2.45) is 0 Å². The fourth-order valence-electron chi connectivity index (χ4n) is 2.65. The number of anilines is 2. The molecule has 0 saturated carbocycles. The third kappa shape index (κ3) is 3.54. The van der Waals surface area contributed by atoms with Crippen molar-refractivity contribution < 1.29 is 13.2 Å². The normalized spacial score (nSPS) is 19.0. The lowest BCUT2D eigenvalue weighted by atomic mass is 9.99. The van der Waals surface area contributed by atoms with Crippen LogP contribution in [-0.2, 0) is 6.18 Å². The fourth-order valence-corrected chi connectivity index (χ4v) is 3.60. The van der Waals surface area contributed by atoms with E-state index in [4.69, 9.17) is 0 Å². The van der Waals surface area contributed by atoms with Crippen LogP contribution in [0.4, 0.5) is 24.8 Å². The van der Waals surface area contributed by atoms with Crippen LogP contribution in [0.25, 0.3) is 0 Å². The lowest BCUT2D eigenvalue weighted by molar-refractivity contribution is -0.140. The van der Waals surface area contributed by atoms with E-state index >= 15 is 0 Å². The predicted molar refractivity (Wildman–Crippen MR) is 82.9 cm³/mol. The van der Waals surface area contributed by atoms with Gasteiger partial charge in [-0.25, -0.2) is 15.0 Å². The monoisotopic (exact) mass is 343 g/mol. The molecular weight excluding hydrogens is 327 g/mol. The highest BCUT2D eigenvalue weighted by molar-refractivity contribution is 7.09. The summed E-state index contributed by atoms with van der Waals surface area (Å²) in [7, 11) is 1.78. The molecule has 1 aliphatic rings. The maximum atomic E-state index is 12.7. The average molecular weight is 343 g/mol. The second-order valence-corrected chi connectivity index (χ2v) is 6.26. The molecule has 2 aromatic rings. The van der Waals surface area contributed by atoms with Gasteiger partial charge in [0.1, 0.15) is 18.0 Å². The van der Waals surface area contributed by atoms with Crippen LogP contribution in [-0.4, -0.2) is 35.1 Å². The molecule has 1 N–H and O–H groups in total. The van der Waals surface area contributed by atoms with Crippen molar-refractivity contribution in [2.45, 2.75) is 24.9 Å². The van der Waals surface area contributed by atoms with Crippen LogP contribution in [0.1, 0.15) is 29.5 Å². The molecule has 0 bridgehead atoms. The molecule has 1 aliphatic heterocycles. The van der Waals surface area contributed by atoms with Gasteiger partial charge in [-0.2, -0.15) is 13.2 Å². The zero-order valence-corrected chi connectivity index (χ0v) is 13.3. The van der Waals surface area contributed by atoms with E-state index in [1.807, 2.05) is 6.07 Å². The van der Waals surface area contributed by atoms with E-state index in [2.05, 4.69) is 25.2 Å². The maximum absolute atomic E-state index is 12.7. The van der Waals surface area contributed by atoms with Crippen molar-refractivity contribution in [1.29, 1.82) is 0 Å². The van der Waals surface area contributed by atoms with Gasteiger partial charge in [0, 0.05) is 37.5 Å². The summed E-state index contributed by atoms with van der Waals surface area (Å²) in [6.45, 7) is 1.44. The molecule has 1 atom stereocenters. The second-order valence-electron chi connectivity index (χ2n) is 5.37. The van der Waals surface area contributed by atoms with Crippen molar-refractivity contribution in [2.75, 3.05) is 30.4 Å². The van der Waals surface area contributed by atoms with Gasteiger partial charge in [-0.05, 0) is 12.8 Å². The Morgan fingerprint density at radius 2 is 2.17 bits per heavy atom. The molecular formula is C14H16F3N5S. The Kier molecular flexibility index (Phi) is 4.38. The molecule has 124 valence electrons. The molecule has 9 heteroatoms. The molecule has 2 aromatic heterocycles. The van der Waals surface area contributed by atoms with Crippen LogP contribution in [0.15, 0.2) is 17.8 Å². The molecule has 0 aromatic carbocycles. The first-order valence-electron chi connectivity index (χ1n) is 7.24. The van der Waals surface area contributed by atoms with E-state index in [-0.39, 0.29) is 5.92 Å². The number of rotatable bonds is 3. The number of hydrogen-bond donors (Lipinski definition) is 1. The van der Waals surface area contributed by atoms with Gasteiger partial charge in [0.05, 0.1) is 5.01 Å². The van der Waals surface area contributed by atoms with Crippen LogP contribution in [0.2, 0.25) is 0 Å². The molecule has 1 unspecified atom stereocenters. The first kappa shape index (κ1) is 16.0. The average Bonchev–Trinajstić information content (AvgIpc) is 3.05. The summed E-state index contributed by atoms with van der Waals surface area (Å²) >= 11 is 1.08. The zero-order chi connectivity index (χ0) is 16.4. The first-order chi connectivity index (χ1) is 11.0. The van der Waals surface area contributed by atoms with Gasteiger partial charge in [0.25, 0.3) is 0 Å². The molecule has 3 rings (SSSR count). The number of halogens is 3. The van der Waals surface area contributed by atoms with E-state index in [0.29, 0.717) is 17.4 Å². The minimum atomic E-state index is -4.38. The standard InChI is InChI=1S/C14H16F3N5S/c1-18-11-5-12(20-8-19-11)22-4-2-3-9(6-22)13-21-10(7-23-13)14(15,16)17/h5,7-9H,2-4,6H2,1H3,(H,18,19,20). The molecule has 1 fully saturated rings. The fraction of sp³-hybridized carbons (Fsp3) is 0.500. The van der Waals surface area contributed by atoms with Gasteiger partial charge in [-0.15, -0.1) is 11.3 Å². The Bertz CT molecular complexity index is 672. The lowest BCUT2D eigenvalue weighted by Gasteiger charge is -2.32. The minimum absolute atomic E-state index is 0.00199. The van der Waals surface area contributed by atoms with Gasteiger partial charge in [0.15, 0.2) is 5.69 Å². The summed E-state index contributed by atoms with van der Waals surface area (Å²) in [5.41, 5.74) is -0.797. The van der Waals surface area contributed by atoms with Crippen molar-refractivity contribution in [3.8, 4) is 0 Å². The molecule has 0 aliphatic carbocycles. The van der Waals surface area contributed by atoms with Gasteiger partial charge in [-0.3, -0.25) is 0 Å². The smallest absolute Gasteiger partial charge is 0.373 e. The predicted octanol–water partition coefficient (Wildman–Crippen LogP) is 3.38. The van der Waals surface area contributed by atoms with Gasteiger partial charge < -0.3 is 10.2 Å². The number of thiazole rings is 1. The van der Waals surface area contributed by atoms with Gasteiger partial charge >= 0.3 is 6.18 Å². The van der Waals surface area contributed by atoms with Crippen LogP contribution in [0, 0.1) is 0 Å². The Hall–Kier alpha value is -1.90. The van der Waals surface area contributed by atoms with Crippen molar-refractivity contribution >= 4 is 23.0 Å². The van der Waals surface area contributed by atoms with E-state index < -0.39 is 11.9 Å². The van der Waals surface area contributed by atoms with E-state index in [9.17, 15) is 13.2 Å². The molecule has 23 heavy (non-hydrogen) atoms. The van der Waals surface area contributed by atoms with Crippen LogP contribution in [0.3, 0.4) is 0 Å². The number of nitrogens with zero attached hydrogens (tertiary/aromatic N) is 4. The van der Waals surface area contributed by atoms with Crippen LogP contribution < -0.4 is 10.2 Å². The van der Waals surface area contributed by atoms with Crippen LogP contribution in [0.5, 0.6) is 0 Å². The Balaban J connectivity index is 1.76. The first-order valence-corrected chi connectivity index (χ1v) is 8.12. The summed E-state index contributed by atoms with van der Waals surface area (Å²) in [5.74, 6) is 1.49. The molecule has 0 spiro atoms. The third-order valence-electron chi connectivity index (χ3n) is 3.82. The largest absolute Gasteiger partial charge is 0.434 e. The van der Waals surface area contributed by atoms with Gasteiger partial charge in [-0.1, -0.05) is 0 Å². The summed E-state index contributed by atoms with van der Waals surface area (Å²) in [5, 5.41) is 4.60. The highest BCUT2D eigenvalue weighted by Gasteiger charge is 2.35. The van der Waals surface area contributed by atoms with E-state index in [0.717, 1.165) is 41.9 Å². The second kappa shape index (κ2) is 6.31. The summed E-state index contributed by atoms with van der Waals surface area (Å²) in [4.78, 5) is 14.2. The molecule has 5 nitrogen and oxygen atoms in total. The van der Waals surface area contributed by atoms with Crippen molar-refractivity contribution in [3.63, 3.8) is 0 Å². The number of nitrogens with one attached hydrogen (secondary N) is 1. The molecule has 1 saturated heterocycles. The zero-order valence-electron chi connectivity index (χ0n) is 12.5.